The summed E-state index contributed by atoms with van der Waals surface area (Å²) in [5, 5.41) is 3.18. The number of anilines is 1. The van der Waals surface area contributed by atoms with Crippen molar-refractivity contribution in [2.45, 2.75) is 6.92 Å². The van der Waals surface area contributed by atoms with Crippen molar-refractivity contribution in [3.63, 3.8) is 0 Å². The second-order valence-electron chi connectivity index (χ2n) is 6.70. The molecule has 29 heavy (non-hydrogen) atoms. The fourth-order valence-electron chi connectivity index (χ4n) is 3.04. The maximum Gasteiger partial charge on any atom is 0.261 e. The number of nitrogens with one attached hydrogen (secondary N) is 1. The maximum atomic E-state index is 12.7. The standard InChI is InChI=1S/C23H19N3O3/c1-15-8-13-19-21(27)20(14-26(2)22(19)24-15)23(28)25-16-9-11-18(12-10-16)29-17-6-4-3-5-7-17/h3-14H,1-2H3,(H,25,28). The molecule has 0 radical (unpaired) electrons. The second kappa shape index (κ2) is 7.59. The van der Waals surface area contributed by atoms with E-state index in [1.165, 1.54) is 6.20 Å². The van der Waals surface area contributed by atoms with Gasteiger partial charge in [-0.2, -0.15) is 0 Å². The van der Waals surface area contributed by atoms with Crippen LogP contribution in [0.25, 0.3) is 11.0 Å². The molecule has 0 fully saturated rings. The second-order valence-corrected chi connectivity index (χ2v) is 6.70. The molecule has 0 aliphatic carbocycles. The van der Waals surface area contributed by atoms with Crippen LogP contribution < -0.4 is 15.5 Å². The normalized spacial score (nSPS) is 10.7. The summed E-state index contributed by atoms with van der Waals surface area (Å²) in [5.41, 5.74) is 1.65. The van der Waals surface area contributed by atoms with E-state index in [0.29, 0.717) is 22.5 Å². The molecule has 1 amide bonds. The van der Waals surface area contributed by atoms with Crippen molar-refractivity contribution >= 4 is 22.6 Å². The third-order valence-corrected chi connectivity index (χ3v) is 4.50. The molecular weight excluding hydrogens is 366 g/mol. The van der Waals surface area contributed by atoms with Gasteiger partial charge in [0, 0.05) is 24.6 Å². The summed E-state index contributed by atoms with van der Waals surface area (Å²) in [4.78, 5) is 29.8. The number of ether oxygens (including phenoxy) is 1. The van der Waals surface area contributed by atoms with E-state index in [-0.39, 0.29) is 11.0 Å². The van der Waals surface area contributed by atoms with E-state index in [1.54, 1.807) is 48.0 Å². The van der Waals surface area contributed by atoms with E-state index < -0.39 is 5.91 Å². The van der Waals surface area contributed by atoms with Crippen molar-refractivity contribution in [1.29, 1.82) is 0 Å². The van der Waals surface area contributed by atoms with Crippen LogP contribution in [-0.4, -0.2) is 15.5 Å². The topological polar surface area (TPSA) is 73.2 Å². The van der Waals surface area contributed by atoms with Crippen LogP contribution in [-0.2, 0) is 7.05 Å². The number of fused-ring (bicyclic) bond motifs is 1. The molecule has 4 aromatic rings. The van der Waals surface area contributed by atoms with Crippen LogP contribution in [0.3, 0.4) is 0 Å². The highest BCUT2D eigenvalue weighted by Crippen LogP contribution is 2.23. The van der Waals surface area contributed by atoms with Crippen molar-refractivity contribution in [2.24, 2.45) is 7.05 Å². The van der Waals surface area contributed by atoms with E-state index in [1.807, 2.05) is 37.3 Å². The van der Waals surface area contributed by atoms with Gasteiger partial charge in [0.05, 0.1) is 5.39 Å². The third kappa shape index (κ3) is 3.87. The number of rotatable bonds is 4. The van der Waals surface area contributed by atoms with Crippen LogP contribution in [0.2, 0.25) is 0 Å². The van der Waals surface area contributed by atoms with Crippen LogP contribution in [0.15, 0.2) is 77.7 Å². The minimum Gasteiger partial charge on any atom is -0.457 e. The summed E-state index contributed by atoms with van der Waals surface area (Å²) in [5.74, 6) is 0.912. The smallest absolute Gasteiger partial charge is 0.261 e. The molecule has 0 atom stereocenters. The largest absolute Gasteiger partial charge is 0.457 e. The molecule has 144 valence electrons. The predicted octanol–water partition coefficient (Wildman–Crippen LogP) is 4.29. The number of hydrogen-bond acceptors (Lipinski definition) is 4. The molecule has 0 spiro atoms. The number of benzene rings is 2. The Labute approximate surface area is 167 Å². The highest BCUT2D eigenvalue weighted by atomic mass is 16.5. The Morgan fingerprint density at radius 3 is 2.38 bits per heavy atom. The molecule has 0 saturated heterocycles. The minimum absolute atomic E-state index is 0.0651. The molecule has 6 nitrogen and oxygen atoms in total. The van der Waals surface area contributed by atoms with Crippen LogP contribution in [0.5, 0.6) is 11.5 Å². The SMILES string of the molecule is Cc1ccc2c(=O)c(C(=O)Nc3ccc(Oc4ccccc4)cc3)cn(C)c2n1. The quantitative estimate of drug-likeness (QED) is 0.569. The van der Waals surface area contributed by atoms with Gasteiger partial charge in [-0.3, -0.25) is 9.59 Å². The Hall–Kier alpha value is -3.93. The fourth-order valence-corrected chi connectivity index (χ4v) is 3.04. The number of hydrogen-bond donors (Lipinski definition) is 1. The highest BCUT2D eigenvalue weighted by Gasteiger charge is 2.15. The Kier molecular flexibility index (Phi) is 4.83. The molecule has 0 unspecified atom stereocenters. The van der Waals surface area contributed by atoms with Crippen LogP contribution in [0.4, 0.5) is 5.69 Å². The molecule has 4 rings (SSSR count). The molecule has 2 aromatic carbocycles. The van der Waals surface area contributed by atoms with Crippen LogP contribution in [0, 0.1) is 6.92 Å². The van der Waals surface area contributed by atoms with E-state index in [4.69, 9.17) is 4.74 Å². The van der Waals surface area contributed by atoms with Crippen molar-refractivity contribution in [1.82, 2.24) is 9.55 Å². The zero-order valence-electron chi connectivity index (χ0n) is 16.0. The maximum absolute atomic E-state index is 12.7. The summed E-state index contributed by atoms with van der Waals surface area (Å²) >= 11 is 0. The zero-order chi connectivity index (χ0) is 20.4. The first-order valence-corrected chi connectivity index (χ1v) is 9.12. The zero-order valence-corrected chi connectivity index (χ0v) is 16.0. The van der Waals surface area contributed by atoms with E-state index >= 15 is 0 Å². The van der Waals surface area contributed by atoms with Crippen LogP contribution in [0.1, 0.15) is 16.1 Å². The number of aromatic nitrogens is 2. The van der Waals surface area contributed by atoms with Crippen molar-refractivity contribution < 1.29 is 9.53 Å². The molecule has 0 aliphatic heterocycles. The molecule has 2 heterocycles. The van der Waals surface area contributed by atoms with Gasteiger partial charge >= 0.3 is 0 Å². The Morgan fingerprint density at radius 1 is 0.966 bits per heavy atom. The monoisotopic (exact) mass is 385 g/mol. The number of amides is 1. The summed E-state index contributed by atoms with van der Waals surface area (Å²) in [6, 6.07) is 19.9. The summed E-state index contributed by atoms with van der Waals surface area (Å²) in [6.07, 6.45) is 1.51. The van der Waals surface area contributed by atoms with Gasteiger partial charge in [0.25, 0.3) is 5.91 Å². The summed E-state index contributed by atoms with van der Waals surface area (Å²) in [7, 11) is 1.76. The van der Waals surface area contributed by atoms with Crippen molar-refractivity contribution in [3.05, 3.63) is 94.4 Å². The lowest BCUT2D eigenvalue weighted by Gasteiger charge is -2.10. The van der Waals surface area contributed by atoms with Crippen molar-refractivity contribution in [3.8, 4) is 11.5 Å². The molecule has 6 heteroatoms. The number of aryl methyl sites for hydroxylation is 2. The van der Waals surface area contributed by atoms with Crippen LogP contribution >= 0.6 is 0 Å². The number of pyridine rings is 2. The highest BCUT2D eigenvalue weighted by molar-refractivity contribution is 6.05. The van der Waals surface area contributed by atoms with Gasteiger partial charge in [-0.15, -0.1) is 0 Å². The van der Waals surface area contributed by atoms with E-state index in [2.05, 4.69) is 10.3 Å². The van der Waals surface area contributed by atoms with Gasteiger partial charge in [0.1, 0.15) is 22.7 Å². The average Bonchev–Trinajstić information content (AvgIpc) is 2.73. The van der Waals surface area contributed by atoms with Crippen molar-refractivity contribution in [2.75, 3.05) is 5.32 Å². The minimum atomic E-state index is -0.468. The van der Waals surface area contributed by atoms with Gasteiger partial charge in [-0.1, -0.05) is 18.2 Å². The first kappa shape index (κ1) is 18.4. The first-order valence-electron chi connectivity index (χ1n) is 9.12. The summed E-state index contributed by atoms with van der Waals surface area (Å²) in [6.45, 7) is 1.86. The number of carbonyl (C=O) groups excluding carboxylic acids is 1. The number of carbonyl (C=O) groups is 1. The Balaban J connectivity index is 1.56. The predicted molar refractivity (Wildman–Crippen MR) is 113 cm³/mol. The van der Waals surface area contributed by atoms with Gasteiger partial charge in [-0.05, 0) is 55.5 Å². The molecule has 0 saturated carbocycles. The third-order valence-electron chi connectivity index (χ3n) is 4.50. The molecular formula is C23H19N3O3. The Bertz CT molecular complexity index is 1250. The lowest BCUT2D eigenvalue weighted by molar-refractivity contribution is 0.102. The number of para-hydroxylation sites is 1. The van der Waals surface area contributed by atoms with Gasteiger partial charge in [0.15, 0.2) is 0 Å². The average molecular weight is 385 g/mol. The first-order chi connectivity index (χ1) is 14.0. The Morgan fingerprint density at radius 2 is 1.66 bits per heavy atom. The van der Waals surface area contributed by atoms with E-state index in [9.17, 15) is 9.59 Å². The lowest BCUT2D eigenvalue weighted by atomic mass is 10.1. The molecule has 0 bridgehead atoms. The molecule has 2 aromatic heterocycles. The molecule has 0 aliphatic rings. The summed E-state index contributed by atoms with van der Waals surface area (Å²) < 4.78 is 7.43. The van der Waals surface area contributed by atoms with Gasteiger partial charge < -0.3 is 14.6 Å². The van der Waals surface area contributed by atoms with Gasteiger partial charge in [-0.25, -0.2) is 4.98 Å². The van der Waals surface area contributed by atoms with E-state index in [0.717, 1.165) is 11.4 Å². The molecule has 1 N–H and O–H groups in total. The lowest BCUT2D eigenvalue weighted by Crippen LogP contribution is -2.23. The fraction of sp³-hybridized carbons (Fsp3) is 0.0870. The number of nitrogens with zero attached hydrogens (tertiary/aromatic N) is 2. The van der Waals surface area contributed by atoms with Gasteiger partial charge in [0.2, 0.25) is 5.43 Å².